The molecule has 5 heteroatoms. The summed E-state index contributed by atoms with van der Waals surface area (Å²) in [6.07, 6.45) is -1.11. The Bertz CT molecular complexity index is 700. The summed E-state index contributed by atoms with van der Waals surface area (Å²) in [5.74, 6) is 0.374. The number of thioether (sulfide) groups is 1. The van der Waals surface area contributed by atoms with Crippen LogP contribution >= 0.6 is 11.8 Å². The van der Waals surface area contributed by atoms with E-state index in [1.54, 1.807) is 7.11 Å². The van der Waals surface area contributed by atoms with E-state index in [4.69, 9.17) is 4.74 Å². The number of hydrogen-bond donors (Lipinski definition) is 2. The number of ether oxygens (including phenoxy) is 1. The second-order valence-corrected chi connectivity index (χ2v) is 6.38. The van der Waals surface area contributed by atoms with E-state index in [2.05, 4.69) is 5.32 Å². The Morgan fingerprint density at radius 3 is 2.59 bits per heavy atom. The molecule has 0 spiro atoms. The van der Waals surface area contributed by atoms with Crippen molar-refractivity contribution in [3.63, 3.8) is 0 Å². The van der Waals surface area contributed by atoms with E-state index in [9.17, 15) is 9.90 Å². The summed E-state index contributed by atoms with van der Waals surface area (Å²) in [5, 5.41) is 12.9. The highest BCUT2D eigenvalue weighted by molar-refractivity contribution is 7.99. The largest absolute Gasteiger partial charge is 0.497 e. The van der Waals surface area contributed by atoms with Crippen LogP contribution < -0.4 is 10.1 Å². The van der Waals surface area contributed by atoms with Crippen LogP contribution in [0.4, 0.5) is 5.69 Å². The van der Waals surface area contributed by atoms with Crippen LogP contribution in [0.5, 0.6) is 5.75 Å². The van der Waals surface area contributed by atoms with Crippen molar-refractivity contribution in [2.75, 3.05) is 12.4 Å². The molecular formula is C17H17NO3S. The number of nitrogens with one attached hydrogen (secondary N) is 1. The fourth-order valence-corrected chi connectivity index (χ4v) is 3.79. The number of aryl methyl sites for hydroxylation is 1. The van der Waals surface area contributed by atoms with Crippen LogP contribution in [-0.4, -0.2) is 24.2 Å². The van der Waals surface area contributed by atoms with Crippen LogP contribution in [0.15, 0.2) is 47.4 Å². The molecule has 1 heterocycles. The minimum atomic E-state index is -1.11. The Hall–Kier alpha value is -1.98. The van der Waals surface area contributed by atoms with Gasteiger partial charge in [0.2, 0.25) is 0 Å². The molecule has 114 valence electrons. The predicted molar refractivity (Wildman–Crippen MR) is 87.4 cm³/mol. The number of fused-ring (bicyclic) bond motifs is 1. The highest BCUT2D eigenvalue weighted by Gasteiger charge is 2.33. The van der Waals surface area contributed by atoms with Crippen molar-refractivity contribution in [2.45, 2.75) is 23.2 Å². The van der Waals surface area contributed by atoms with Crippen LogP contribution in [0, 0.1) is 6.92 Å². The lowest BCUT2D eigenvalue weighted by atomic mass is 10.1. The van der Waals surface area contributed by atoms with Crippen molar-refractivity contribution in [3.05, 3.63) is 53.6 Å². The Morgan fingerprint density at radius 2 is 1.91 bits per heavy atom. The molecule has 2 atom stereocenters. The Morgan fingerprint density at radius 1 is 1.18 bits per heavy atom. The summed E-state index contributed by atoms with van der Waals surface area (Å²) in [5.41, 5.74) is 2.66. The summed E-state index contributed by atoms with van der Waals surface area (Å²) >= 11 is 1.50. The summed E-state index contributed by atoms with van der Waals surface area (Å²) in [4.78, 5) is 13.2. The summed E-state index contributed by atoms with van der Waals surface area (Å²) in [6, 6.07) is 13.3. The maximum absolute atomic E-state index is 12.2. The number of aliphatic hydroxyl groups excluding tert-OH is 1. The number of carbonyl (C=O) groups excluding carboxylic acids is 1. The molecule has 4 nitrogen and oxygen atoms in total. The first-order chi connectivity index (χ1) is 10.6. The monoisotopic (exact) mass is 315 g/mol. The van der Waals surface area contributed by atoms with Gasteiger partial charge in [-0.2, -0.15) is 0 Å². The number of hydrogen-bond acceptors (Lipinski definition) is 4. The molecule has 1 amide bonds. The molecule has 0 aromatic heterocycles. The number of aliphatic hydroxyl groups is 1. The molecule has 1 aliphatic heterocycles. The highest BCUT2D eigenvalue weighted by atomic mass is 32.2. The van der Waals surface area contributed by atoms with Gasteiger partial charge in [-0.3, -0.25) is 4.79 Å². The van der Waals surface area contributed by atoms with Gasteiger partial charge in [0.15, 0.2) is 0 Å². The van der Waals surface area contributed by atoms with E-state index in [0.29, 0.717) is 0 Å². The zero-order valence-corrected chi connectivity index (χ0v) is 13.2. The fourth-order valence-electron chi connectivity index (χ4n) is 2.48. The first kappa shape index (κ1) is 14.9. The number of carbonyl (C=O) groups is 1. The van der Waals surface area contributed by atoms with Crippen LogP contribution in [0.2, 0.25) is 0 Å². The molecule has 0 unspecified atom stereocenters. The van der Waals surface area contributed by atoms with Gasteiger partial charge in [-0.25, -0.2) is 0 Å². The van der Waals surface area contributed by atoms with Crippen molar-refractivity contribution < 1.29 is 14.6 Å². The lowest BCUT2D eigenvalue weighted by Gasteiger charge is -2.19. The van der Waals surface area contributed by atoms with E-state index in [1.165, 1.54) is 11.8 Å². The molecule has 1 aliphatic rings. The lowest BCUT2D eigenvalue weighted by molar-refractivity contribution is -0.124. The molecule has 2 N–H and O–H groups in total. The normalized spacial score (nSPS) is 20.8. The second kappa shape index (κ2) is 6.02. The Labute approximate surface area is 133 Å². The maximum atomic E-state index is 12.2. The molecule has 2 aromatic rings. The summed E-state index contributed by atoms with van der Waals surface area (Å²) < 4.78 is 5.15. The average molecular weight is 315 g/mol. The minimum absolute atomic E-state index is 0.353. The smallest absolute Gasteiger partial charge is 0.254 e. The zero-order valence-electron chi connectivity index (χ0n) is 12.4. The Balaban J connectivity index is 2.01. The van der Waals surface area contributed by atoms with Crippen LogP contribution in [0.25, 0.3) is 0 Å². The Kier molecular flexibility index (Phi) is 4.09. The van der Waals surface area contributed by atoms with Crippen molar-refractivity contribution in [1.29, 1.82) is 0 Å². The molecule has 0 aliphatic carbocycles. The molecule has 22 heavy (non-hydrogen) atoms. The van der Waals surface area contributed by atoms with Gasteiger partial charge in [0.25, 0.3) is 5.91 Å². The lowest BCUT2D eigenvalue weighted by Crippen LogP contribution is -2.30. The number of amides is 1. The van der Waals surface area contributed by atoms with Crippen LogP contribution in [-0.2, 0) is 4.79 Å². The van der Waals surface area contributed by atoms with Gasteiger partial charge in [0, 0.05) is 4.90 Å². The van der Waals surface area contributed by atoms with Gasteiger partial charge >= 0.3 is 0 Å². The number of para-hydroxylation sites is 1. The van der Waals surface area contributed by atoms with Crippen molar-refractivity contribution >= 4 is 23.4 Å². The topological polar surface area (TPSA) is 58.6 Å². The van der Waals surface area contributed by atoms with E-state index in [1.807, 2.05) is 49.4 Å². The van der Waals surface area contributed by atoms with Crippen LogP contribution in [0.3, 0.4) is 0 Å². The predicted octanol–water partition coefficient (Wildman–Crippen LogP) is 3.15. The third kappa shape index (κ3) is 2.69. The molecule has 3 rings (SSSR count). The first-order valence-corrected chi connectivity index (χ1v) is 7.87. The van der Waals surface area contributed by atoms with Gasteiger partial charge < -0.3 is 15.2 Å². The maximum Gasteiger partial charge on any atom is 0.254 e. The molecule has 2 aromatic carbocycles. The molecule has 0 saturated heterocycles. The molecular weight excluding hydrogens is 298 g/mol. The number of benzene rings is 2. The summed E-state index contributed by atoms with van der Waals surface area (Å²) in [6.45, 7) is 1.94. The standard InChI is InChI=1S/C17H17NO3S/c1-10-4-3-5-13-14(10)18-17(20)15(19)16(22-13)11-6-8-12(21-2)9-7-11/h3-9,15-16,19H,1-2H3,(H,18,20)/t15-,16+/m0/s1. The van der Waals surface area contributed by atoms with E-state index >= 15 is 0 Å². The van der Waals surface area contributed by atoms with Crippen molar-refractivity contribution in [2.24, 2.45) is 0 Å². The molecule has 0 radical (unpaired) electrons. The van der Waals surface area contributed by atoms with Gasteiger partial charge in [-0.15, -0.1) is 11.8 Å². The van der Waals surface area contributed by atoms with Gasteiger partial charge in [0.1, 0.15) is 11.9 Å². The number of anilines is 1. The molecule has 0 fully saturated rings. The minimum Gasteiger partial charge on any atom is -0.497 e. The van der Waals surface area contributed by atoms with Crippen LogP contribution in [0.1, 0.15) is 16.4 Å². The number of methoxy groups -OCH3 is 1. The first-order valence-electron chi connectivity index (χ1n) is 6.99. The van der Waals surface area contributed by atoms with E-state index < -0.39 is 6.10 Å². The fraction of sp³-hybridized carbons (Fsp3) is 0.235. The van der Waals surface area contributed by atoms with Gasteiger partial charge in [-0.1, -0.05) is 24.3 Å². The third-order valence-electron chi connectivity index (χ3n) is 3.74. The van der Waals surface area contributed by atoms with Gasteiger partial charge in [0.05, 0.1) is 18.0 Å². The van der Waals surface area contributed by atoms with E-state index in [0.717, 1.165) is 27.5 Å². The van der Waals surface area contributed by atoms with Crippen molar-refractivity contribution in [1.82, 2.24) is 0 Å². The zero-order chi connectivity index (χ0) is 15.7. The third-order valence-corrected chi connectivity index (χ3v) is 5.11. The van der Waals surface area contributed by atoms with E-state index in [-0.39, 0.29) is 11.2 Å². The second-order valence-electron chi connectivity index (χ2n) is 5.19. The quantitative estimate of drug-likeness (QED) is 0.894. The molecule has 0 saturated carbocycles. The van der Waals surface area contributed by atoms with Gasteiger partial charge in [-0.05, 0) is 36.2 Å². The SMILES string of the molecule is COc1ccc([C@H]2Sc3cccc(C)c3NC(=O)[C@H]2O)cc1. The van der Waals surface area contributed by atoms with Crippen molar-refractivity contribution in [3.8, 4) is 5.75 Å². The highest BCUT2D eigenvalue weighted by Crippen LogP contribution is 2.44. The number of rotatable bonds is 2. The molecule has 0 bridgehead atoms. The average Bonchev–Trinajstić information content (AvgIpc) is 2.66. The summed E-state index contributed by atoms with van der Waals surface area (Å²) in [7, 11) is 1.61.